The summed E-state index contributed by atoms with van der Waals surface area (Å²) in [5.74, 6) is -1.35. The van der Waals surface area contributed by atoms with Gasteiger partial charge in [-0.25, -0.2) is 18.3 Å². The van der Waals surface area contributed by atoms with Crippen LogP contribution in [-0.2, 0) is 17.9 Å². The van der Waals surface area contributed by atoms with Gasteiger partial charge in [0.15, 0.2) is 5.69 Å². The van der Waals surface area contributed by atoms with Gasteiger partial charge in [0.2, 0.25) is 5.88 Å². The number of carbonyl (C=O) groups excluding carboxylic acids is 1. The number of ether oxygens (including phenoxy) is 2. The Hall–Kier alpha value is -2.44. The molecule has 0 amide bonds. The third-order valence-electron chi connectivity index (χ3n) is 3.05. The van der Waals surface area contributed by atoms with Crippen molar-refractivity contribution in [2.24, 2.45) is 0 Å². The Bertz CT molecular complexity index is 686. The first-order chi connectivity index (χ1) is 11.0. The van der Waals surface area contributed by atoms with Crippen LogP contribution in [0.1, 0.15) is 36.3 Å². The summed E-state index contributed by atoms with van der Waals surface area (Å²) < 4.78 is 38.7. The Kier molecular flexibility index (Phi) is 5.67. The fourth-order valence-corrected chi connectivity index (χ4v) is 2.00. The zero-order chi connectivity index (χ0) is 16.8. The summed E-state index contributed by atoms with van der Waals surface area (Å²) in [6.07, 6.45) is 0.772. The van der Waals surface area contributed by atoms with Gasteiger partial charge in [-0.05, 0) is 31.5 Å². The molecular formula is C16H18F2N2O3. The molecule has 7 heteroatoms. The molecule has 0 aliphatic rings. The summed E-state index contributed by atoms with van der Waals surface area (Å²) in [5.41, 5.74) is 0.210. The van der Waals surface area contributed by atoms with Crippen LogP contribution in [0.3, 0.4) is 0 Å². The molecule has 23 heavy (non-hydrogen) atoms. The molecule has 5 nitrogen and oxygen atoms in total. The van der Waals surface area contributed by atoms with Gasteiger partial charge in [-0.2, -0.15) is 5.10 Å². The third-order valence-corrected chi connectivity index (χ3v) is 3.05. The van der Waals surface area contributed by atoms with E-state index in [1.807, 2.05) is 6.92 Å². The van der Waals surface area contributed by atoms with E-state index >= 15 is 0 Å². The van der Waals surface area contributed by atoms with Crippen molar-refractivity contribution in [1.82, 2.24) is 9.78 Å². The number of aryl methyl sites for hydroxylation is 1. The Morgan fingerprint density at radius 1 is 1.26 bits per heavy atom. The molecule has 1 aromatic heterocycles. The molecule has 0 N–H and O–H groups in total. The Labute approximate surface area is 132 Å². The van der Waals surface area contributed by atoms with Gasteiger partial charge in [-0.1, -0.05) is 6.92 Å². The fraction of sp³-hybridized carbons (Fsp3) is 0.375. The van der Waals surface area contributed by atoms with Gasteiger partial charge >= 0.3 is 5.97 Å². The first-order valence-electron chi connectivity index (χ1n) is 7.36. The molecule has 0 atom stereocenters. The van der Waals surface area contributed by atoms with E-state index < -0.39 is 17.6 Å². The van der Waals surface area contributed by atoms with Crippen molar-refractivity contribution in [3.05, 3.63) is 47.2 Å². The Morgan fingerprint density at radius 2 is 2.04 bits per heavy atom. The predicted octanol–water partition coefficient (Wildman–Crippen LogP) is 3.33. The number of aromatic nitrogens is 2. The third kappa shape index (κ3) is 4.28. The Morgan fingerprint density at radius 3 is 2.74 bits per heavy atom. The lowest BCUT2D eigenvalue weighted by Gasteiger charge is -2.09. The summed E-state index contributed by atoms with van der Waals surface area (Å²) in [6, 6.07) is 4.59. The molecule has 1 aromatic carbocycles. The second kappa shape index (κ2) is 7.71. The normalized spacial score (nSPS) is 10.6. The highest BCUT2D eigenvalue weighted by atomic mass is 19.1. The number of rotatable bonds is 7. The lowest BCUT2D eigenvalue weighted by Crippen LogP contribution is -2.08. The van der Waals surface area contributed by atoms with E-state index in [0.717, 1.165) is 24.6 Å². The van der Waals surface area contributed by atoms with Gasteiger partial charge < -0.3 is 9.47 Å². The summed E-state index contributed by atoms with van der Waals surface area (Å²) in [6.45, 7) is 4.25. The van der Waals surface area contributed by atoms with E-state index in [4.69, 9.17) is 9.47 Å². The molecule has 2 aromatic rings. The minimum Gasteiger partial charge on any atom is -0.473 e. The SMILES string of the molecule is CCCn1nc(C(=O)OCC)cc1OCc1cc(F)ccc1F. The number of halogens is 2. The van der Waals surface area contributed by atoms with Crippen LogP contribution >= 0.6 is 0 Å². The second-order valence-electron chi connectivity index (χ2n) is 4.84. The average molecular weight is 324 g/mol. The maximum atomic E-state index is 13.6. The van der Waals surface area contributed by atoms with E-state index in [9.17, 15) is 13.6 Å². The molecule has 0 fully saturated rings. The fourth-order valence-electron chi connectivity index (χ4n) is 2.00. The van der Waals surface area contributed by atoms with Crippen LogP contribution < -0.4 is 4.74 Å². The van der Waals surface area contributed by atoms with Gasteiger partial charge in [-0.15, -0.1) is 0 Å². The van der Waals surface area contributed by atoms with E-state index in [2.05, 4.69) is 5.10 Å². The van der Waals surface area contributed by atoms with Gasteiger partial charge in [-0.3, -0.25) is 0 Å². The van der Waals surface area contributed by atoms with Crippen molar-refractivity contribution in [3.8, 4) is 5.88 Å². The molecule has 0 unspecified atom stereocenters. The van der Waals surface area contributed by atoms with Crippen molar-refractivity contribution in [2.75, 3.05) is 6.61 Å². The van der Waals surface area contributed by atoms with Crippen LogP contribution in [0.2, 0.25) is 0 Å². The van der Waals surface area contributed by atoms with E-state index in [0.29, 0.717) is 12.4 Å². The van der Waals surface area contributed by atoms with Crippen LogP contribution in [0.25, 0.3) is 0 Å². The van der Waals surface area contributed by atoms with Crippen LogP contribution in [-0.4, -0.2) is 22.4 Å². The maximum absolute atomic E-state index is 13.6. The van der Waals surface area contributed by atoms with Gasteiger partial charge in [0.05, 0.1) is 6.61 Å². The van der Waals surface area contributed by atoms with E-state index in [-0.39, 0.29) is 24.5 Å². The van der Waals surface area contributed by atoms with Gasteiger partial charge in [0.25, 0.3) is 0 Å². The van der Waals surface area contributed by atoms with Crippen LogP contribution in [0.5, 0.6) is 5.88 Å². The molecule has 0 bridgehead atoms. The number of hydrogen-bond acceptors (Lipinski definition) is 4. The lowest BCUT2D eigenvalue weighted by atomic mass is 10.2. The zero-order valence-electron chi connectivity index (χ0n) is 13.0. The number of carbonyl (C=O) groups is 1. The predicted molar refractivity (Wildman–Crippen MR) is 79.2 cm³/mol. The smallest absolute Gasteiger partial charge is 0.358 e. The lowest BCUT2D eigenvalue weighted by molar-refractivity contribution is 0.0518. The summed E-state index contributed by atoms with van der Waals surface area (Å²) in [7, 11) is 0. The maximum Gasteiger partial charge on any atom is 0.358 e. The summed E-state index contributed by atoms with van der Waals surface area (Å²) in [5, 5.41) is 4.12. The molecule has 0 aliphatic carbocycles. The number of nitrogens with zero attached hydrogens (tertiary/aromatic N) is 2. The van der Waals surface area contributed by atoms with Crippen LogP contribution in [0.4, 0.5) is 8.78 Å². The zero-order valence-corrected chi connectivity index (χ0v) is 13.0. The topological polar surface area (TPSA) is 53.4 Å². The molecule has 0 radical (unpaired) electrons. The molecule has 124 valence electrons. The molecular weight excluding hydrogens is 306 g/mol. The van der Waals surface area contributed by atoms with Crippen molar-refractivity contribution >= 4 is 5.97 Å². The van der Waals surface area contributed by atoms with Crippen molar-refractivity contribution in [3.63, 3.8) is 0 Å². The highest BCUT2D eigenvalue weighted by Gasteiger charge is 2.16. The Balaban J connectivity index is 2.17. The molecule has 2 rings (SSSR count). The van der Waals surface area contributed by atoms with Gasteiger partial charge in [0.1, 0.15) is 18.2 Å². The average Bonchev–Trinajstić information content (AvgIpc) is 2.92. The van der Waals surface area contributed by atoms with Crippen molar-refractivity contribution in [1.29, 1.82) is 0 Å². The molecule has 0 spiro atoms. The van der Waals surface area contributed by atoms with E-state index in [1.165, 1.54) is 10.7 Å². The van der Waals surface area contributed by atoms with Crippen LogP contribution in [0.15, 0.2) is 24.3 Å². The minimum absolute atomic E-state index is 0.0898. The standard InChI is InChI=1S/C16H18F2N2O3/c1-3-7-20-15(9-14(19-20)16(21)22-4-2)23-10-11-8-12(17)5-6-13(11)18/h5-6,8-9H,3-4,7,10H2,1-2H3. The quantitative estimate of drug-likeness (QED) is 0.733. The van der Waals surface area contributed by atoms with Crippen LogP contribution in [0, 0.1) is 11.6 Å². The number of benzene rings is 1. The molecule has 0 saturated carbocycles. The van der Waals surface area contributed by atoms with E-state index in [1.54, 1.807) is 6.92 Å². The number of hydrogen-bond donors (Lipinski definition) is 0. The van der Waals surface area contributed by atoms with Crippen molar-refractivity contribution < 1.29 is 23.0 Å². The molecule has 0 aliphatic heterocycles. The number of esters is 1. The summed E-state index contributed by atoms with van der Waals surface area (Å²) >= 11 is 0. The minimum atomic E-state index is -0.557. The molecule has 1 heterocycles. The van der Waals surface area contributed by atoms with Gasteiger partial charge in [0, 0.05) is 18.2 Å². The largest absolute Gasteiger partial charge is 0.473 e. The second-order valence-corrected chi connectivity index (χ2v) is 4.84. The highest BCUT2D eigenvalue weighted by Crippen LogP contribution is 2.18. The summed E-state index contributed by atoms with van der Waals surface area (Å²) in [4.78, 5) is 11.7. The first-order valence-corrected chi connectivity index (χ1v) is 7.36. The monoisotopic (exact) mass is 324 g/mol. The first kappa shape index (κ1) is 16.9. The highest BCUT2D eigenvalue weighted by molar-refractivity contribution is 5.87. The van der Waals surface area contributed by atoms with Crippen molar-refractivity contribution in [2.45, 2.75) is 33.4 Å². The molecule has 0 saturated heterocycles.